The van der Waals surface area contributed by atoms with Crippen molar-refractivity contribution in [3.8, 4) is 0 Å². The van der Waals surface area contributed by atoms with E-state index in [2.05, 4.69) is 26.8 Å². The summed E-state index contributed by atoms with van der Waals surface area (Å²) < 4.78 is 0. The van der Waals surface area contributed by atoms with Gasteiger partial charge in [0.15, 0.2) is 0 Å². The topological polar surface area (TPSA) is 0 Å². The molecule has 1 aromatic heterocycles. The molecule has 0 unspecified atom stereocenters. The number of fused-ring (bicyclic) bond motifs is 1. The lowest BCUT2D eigenvalue weighted by atomic mass is 9.77. The summed E-state index contributed by atoms with van der Waals surface area (Å²) in [4.78, 5) is 3.13. The zero-order valence-corrected chi connectivity index (χ0v) is 10.9. The third-order valence-corrected chi connectivity index (χ3v) is 3.87. The van der Waals surface area contributed by atoms with Crippen molar-refractivity contribution in [2.24, 2.45) is 5.41 Å². The lowest BCUT2D eigenvalue weighted by Crippen LogP contribution is -2.20. The van der Waals surface area contributed by atoms with Crippen LogP contribution < -0.4 is 0 Å². The smallest absolute Gasteiger partial charge is 0.00804 e. The van der Waals surface area contributed by atoms with Crippen molar-refractivity contribution in [3.63, 3.8) is 0 Å². The van der Waals surface area contributed by atoms with Crippen LogP contribution in [0.1, 0.15) is 49.4 Å². The number of thiophene rings is 1. The fourth-order valence-corrected chi connectivity index (χ4v) is 3.09. The van der Waals surface area contributed by atoms with E-state index < -0.39 is 0 Å². The summed E-state index contributed by atoms with van der Waals surface area (Å²) in [5.41, 5.74) is 2.16. The van der Waals surface area contributed by atoms with Gasteiger partial charge in [0.05, 0.1) is 0 Å². The molecule has 1 heteroatoms. The van der Waals surface area contributed by atoms with Crippen LogP contribution in [0.4, 0.5) is 0 Å². The van der Waals surface area contributed by atoms with E-state index in [0.717, 1.165) is 0 Å². The average Bonchev–Trinajstić information content (AvgIpc) is 2.46. The predicted octanol–water partition coefficient (Wildman–Crippen LogP) is 4.60. The lowest BCUT2D eigenvalue weighted by Gasteiger charge is -2.29. The number of rotatable bonds is 0. The Morgan fingerprint density at radius 3 is 2.57 bits per heavy atom. The van der Waals surface area contributed by atoms with Crippen molar-refractivity contribution in [3.05, 3.63) is 21.4 Å². The first kappa shape index (κ1) is 11.8. The molecule has 0 fully saturated rings. The van der Waals surface area contributed by atoms with Gasteiger partial charge in [0.1, 0.15) is 0 Å². The Morgan fingerprint density at radius 2 is 1.93 bits per heavy atom. The Morgan fingerprint density at radius 1 is 1.29 bits per heavy atom. The van der Waals surface area contributed by atoms with Crippen molar-refractivity contribution in [1.82, 2.24) is 0 Å². The Balaban J connectivity index is 0.000000461. The molecule has 0 saturated carbocycles. The third-order valence-electron chi connectivity index (χ3n) is 2.72. The fraction of sp³-hybridized carbons (Fsp3) is 0.692. The standard InChI is InChI=1S/C11H16S.C2H6/c1-8-6-9-7-11(2,3)5-4-10(9)12-8;1-2/h6H,4-5,7H2,1-3H3;1-2H3. The molecule has 0 nitrogen and oxygen atoms in total. The molecule has 1 heterocycles. The predicted molar refractivity (Wildman–Crippen MR) is 66.2 cm³/mol. The van der Waals surface area contributed by atoms with Crippen molar-refractivity contribution < 1.29 is 0 Å². The van der Waals surface area contributed by atoms with E-state index in [0.29, 0.717) is 5.41 Å². The molecular formula is C13H22S. The molecule has 0 aromatic carbocycles. The monoisotopic (exact) mass is 210 g/mol. The second-order valence-corrected chi connectivity index (χ2v) is 5.99. The Kier molecular flexibility index (Phi) is 3.77. The van der Waals surface area contributed by atoms with Gasteiger partial charge in [-0.05, 0) is 43.2 Å². The average molecular weight is 210 g/mol. The Bertz CT molecular complexity index is 294. The summed E-state index contributed by atoms with van der Waals surface area (Å²) in [6.45, 7) is 11.0. The number of aryl methyl sites for hydroxylation is 2. The molecule has 0 spiro atoms. The molecule has 1 aliphatic rings. The van der Waals surface area contributed by atoms with Gasteiger partial charge in [-0.15, -0.1) is 11.3 Å². The first-order valence-electron chi connectivity index (χ1n) is 5.65. The Labute approximate surface area is 92.4 Å². The van der Waals surface area contributed by atoms with Gasteiger partial charge in [0.25, 0.3) is 0 Å². The summed E-state index contributed by atoms with van der Waals surface area (Å²) >= 11 is 1.99. The summed E-state index contributed by atoms with van der Waals surface area (Å²) in [6, 6.07) is 2.38. The zero-order chi connectivity index (χ0) is 10.8. The second kappa shape index (κ2) is 4.48. The molecule has 0 radical (unpaired) electrons. The van der Waals surface area contributed by atoms with Crippen molar-refractivity contribution in [1.29, 1.82) is 0 Å². The SMILES string of the molecule is CC.Cc1cc2c(s1)CCC(C)(C)C2. The van der Waals surface area contributed by atoms with Crippen LogP contribution in [0.2, 0.25) is 0 Å². The first-order chi connectivity index (χ1) is 6.57. The molecule has 0 saturated heterocycles. The first-order valence-corrected chi connectivity index (χ1v) is 6.47. The quantitative estimate of drug-likeness (QED) is 0.587. The normalized spacial score (nSPS) is 18.1. The van der Waals surface area contributed by atoms with Crippen molar-refractivity contribution in [2.45, 2.75) is 53.9 Å². The minimum atomic E-state index is 0.542. The highest BCUT2D eigenvalue weighted by Gasteiger charge is 2.26. The van der Waals surface area contributed by atoms with E-state index in [1.807, 2.05) is 25.2 Å². The van der Waals surface area contributed by atoms with E-state index in [4.69, 9.17) is 0 Å². The molecular weight excluding hydrogens is 188 g/mol. The summed E-state index contributed by atoms with van der Waals surface area (Å²) in [6.07, 6.45) is 3.95. The van der Waals surface area contributed by atoms with Crippen molar-refractivity contribution in [2.75, 3.05) is 0 Å². The maximum Gasteiger partial charge on any atom is 0.00804 e. The van der Waals surface area contributed by atoms with Gasteiger partial charge in [0.2, 0.25) is 0 Å². The molecule has 1 aliphatic carbocycles. The largest absolute Gasteiger partial charge is 0.145 e. The van der Waals surface area contributed by atoms with Crippen LogP contribution in [-0.4, -0.2) is 0 Å². The van der Waals surface area contributed by atoms with Gasteiger partial charge < -0.3 is 0 Å². The van der Waals surface area contributed by atoms with Gasteiger partial charge in [0, 0.05) is 9.75 Å². The van der Waals surface area contributed by atoms with Crippen LogP contribution in [0.15, 0.2) is 6.07 Å². The molecule has 0 amide bonds. The molecule has 0 N–H and O–H groups in total. The fourth-order valence-electron chi connectivity index (χ4n) is 2.03. The van der Waals surface area contributed by atoms with E-state index in [1.54, 1.807) is 10.4 Å². The second-order valence-electron chi connectivity index (χ2n) is 4.65. The summed E-state index contributed by atoms with van der Waals surface area (Å²) in [5.74, 6) is 0. The highest BCUT2D eigenvalue weighted by atomic mass is 32.1. The molecule has 2 rings (SSSR count). The molecule has 1 aromatic rings. The number of hydrogen-bond donors (Lipinski definition) is 0. The number of hydrogen-bond acceptors (Lipinski definition) is 1. The Hall–Kier alpha value is -0.300. The van der Waals surface area contributed by atoms with Gasteiger partial charge in [-0.3, -0.25) is 0 Å². The molecule has 80 valence electrons. The van der Waals surface area contributed by atoms with Crippen LogP contribution in [-0.2, 0) is 12.8 Å². The lowest BCUT2D eigenvalue weighted by molar-refractivity contribution is 0.318. The van der Waals surface area contributed by atoms with Gasteiger partial charge in [-0.25, -0.2) is 0 Å². The molecule has 0 atom stereocenters. The minimum Gasteiger partial charge on any atom is -0.145 e. The highest BCUT2D eigenvalue weighted by Crippen LogP contribution is 2.38. The van der Waals surface area contributed by atoms with Crippen LogP contribution in [0.25, 0.3) is 0 Å². The van der Waals surface area contributed by atoms with Crippen LogP contribution in [0.3, 0.4) is 0 Å². The van der Waals surface area contributed by atoms with Crippen LogP contribution in [0, 0.1) is 12.3 Å². The van der Waals surface area contributed by atoms with Crippen LogP contribution >= 0.6 is 11.3 Å². The summed E-state index contributed by atoms with van der Waals surface area (Å²) in [7, 11) is 0. The van der Waals surface area contributed by atoms with E-state index in [-0.39, 0.29) is 0 Å². The van der Waals surface area contributed by atoms with Gasteiger partial charge in [-0.1, -0.05) is 27.7 Å². The van der Waals surface area contributed by atoms with E-state index >= 15 is 0 Å². The van der Waals surface area contributed by atoms with Gasteiger partial charge >= 0.3 is 0 Å². The van der Waals surface area contributed by atoms with Gasteiger partial charge in [-0.2, -0.15) is 0 Å². The minimum absolute atomic E-state index is 0.542. The maximum atomic E-state index is 2.38. The third kappa shape index (κ3) is 2.60. The summed E-state index contributed by atoms with van der Waals surface area (Å²) in [5, 5.41) is 0. The molecule has 0 bridgehead atoms. The highest BCUT2D eigenvalue weighted by molar-refractivity contribution is 7.12. The van der Waals surface area contributed by atoms with Crippen molar-refractivity contribution >= 4 is 11.3 Å². The maximum absolute atomic E-state index is 2.38. The van der Waals surface area contributed by atoms with E-state index in [9.17, 15) is 0 Å². The molecule has 14 heavy (non-hydrogen) atoms. The zero-order valence-electron chi connectivity index (χ0n) is 10.1. The van der Waals surface area contributed by atoms with E-state index in [1.165, 1.54) is 24.1 Å². The van der Waals surface area contributed by atoms with Crippen LogP contribution in [0.5, 0.6) is 0 Å². The molecule has 0 aliphatic heterocycles.